The molecule has 110 valence electrons. The first-order chi connectivity index (χ1) is 9.52. The Morgan fingerprint density at radius 1 is 1.45 bits per heavy atom. The molecule has 0 amide bonds. The van der Waals surface area contributed by atoms with Crippen LogP contribution in [0, 0.1) is 0 Å². The molecule has 0 saturated carbocycles. The van der Waals surface area contributed by atoms with Gasteiger partial charge in [0.2, 0.25) is 0 Å². The predicted octanol–water partition coefficient (Wildman–Crippen LogP) is 1.37. The first-order valence-electron chi connectivity index (χ1n) is 6.41. The van der Waals surface area contributed by atoms with Crippen LogP contribution in [0.25, 0.3) is 5.65 Å². The Balaban J connectivity index is 1.94. The normalized spacial score (nSPS) is 14.6. The maximum atomic E-state index is 10.1. The van der Waals surface area contributed by atoms with Crippen LogP contribution in [-0.4, -0.2) is 45.3 Å². The number of rotatable bonds is 7. The van der Waals surface area contributed by atoms with Gasteiger partial charge in [-0.15, -0.1) is 0 Å². The number of methoxy groups -OCH3 is 1. The van der Waals surface area contributed by atoms with Crippen LogP contribution in [0.4, 0.5) is 0 Å². The molecule has 2 heterocycles. The molecule has 20 heavy (non-hydrogen) atoms. The van der Waals surface area contributed by atoms with Crippen molar-refractivity contribution in [3.63, 3.8) is 0 Å². The average molecular weight is 343 g/mol. The summed E-state index contributed by atoms with van der Waals surface area (Å²) in [6.07, 6.45) is 5.99. The van der Waals surface area contributed by atoms with E-state index in [2.05, 4.69) is 31.2 Å². The second-order valence-electron chi connectivity index (χ2n) is 5.03. The van der Waals surface area contributed by atoms with Crippen molar-refractivity contribution >= 4 is 21.6 Å². The smallest absolute Gasteiger partial charge is 0.155 e. The number of halogens is 1. The van der Waals surface area contributed by atoms with Gasteiger partial charge in [-0.1, -0.05) is 0 Å². The van der Waals surface area contributed by atoms with Gasteiger partial charge in [-0.05, 0) is 22.9 Å². The maximum Gasteiger partial charge on any atom is 0.155 e. The van der Waals surface area contributed by atoms with Gasteiger partial charge in [0.05, 0.1) is 23.7 Å². The quantitative estimate of drug-likeness (QED) is 0.795. The van der Waals surface area contributed by atoms with Gasteiger partial charge in [-0.3, -0.25) is 4.40 Å². The minimum absolute atomic E-state index is 0.496. The average Bonchev–Trinajstić information content (AvgIpc) is 2.79. The number of aliphatic hydroxyl groups is 1. The number of hydrogen-bond acceptors (Lipinski definition) is 5. The topological polar surface area (TPSA) is 71.7 Å². The zero-order valence-electron chi connectivity index (χ0n) is 11.6. The number of nitrogens with zero attached hydrogens (tertiary/aromatic N) is 3. The van der Waals surface area contributed by atoms with Crippen LogP contribution in [0.15, 0.2) is 23.2 Å². The van der Waals surface area contributed by atoms with E-state index >= 15 is 0 Å². The largest absolute Gasteiger partial charge is 0.389 e. The highest BCUT2D eigenvalue weighted by Crippen LogP contribution is 2.11. The van der Waals surface area contributed by atoms with Crippen molar-refractivity contribution in [1.29, 1.82) is 0 Å². The van der Waals surface area contributed by atoms with Crippen LogP contribution in [0.5, 0.6) is 0 Å². The van der Waals surface area contributed by atoms with Gasteiger partial charge in [-0.25, -0.2) is 9.97 Å². The molecule has 0 saturated heterocycles. The third-order valence-electron chi connectivity index (χ3n) is 3.10. The molecule has 2 rings (SSSR count). The third-order valence-corrected chi connectivity index (χ3v) is 3.51. The van der Waals surface area contributed by atoms with E-state index in [0.717, 1.165) is 15.9 Å². The molecule has 0 spiro atoms. The monoisotopic (exact) mass is 342 g/mol. The molecule has 1 atom stereocenters. The molecule has 1 unspecified atom stereocenters. The van der Waals surface area contributed by atoms with Crippen LogP contribution in [0.2, 0.25) is 0 Å². The zero-order valence-corrected chi connectivity index (χ0v) is 13.2. The molecule has 0 aliphatic rings. The highest BCUT2D eigenvalue weighted by Gasteiger charge is 2.19. The fraction of sp³-hybridized carbons (Fsp3) is 0.538. The van der Waals surface area contributed by atoms with Gasteiger partial charge in [0.1, 0.15) is 4.60 Å². The number of imidazole rings is 1. The van der Waals surface area contributed by atoms with Crippen molar-refractivity contribution in [2.75, 3.05) is 20.3 Å². The van der Waals surface area contributed by atoms with Crippen LogP contribution in [0.1, 0.15) is 19.0 Å². The van der Waals surface area contributed by atoms with Gasteiger partial charge in [0.25, 0.3) is 0 Å². The molecule has 7 heteroatoms. The molecule has 2 aromatic heterocycles. The number of ether oxygens (including phenoxy) is 1. The zero-order chi connectivity index (χ0) is 14.6. The van der Waals surface area contributed by atoms with E-state index in [1.54, 1.807) is 26.4 Å². The molecule has 0 aliphatic heterocycles. The van der Waals surface area contributed by atoms with Crippen molar-refractivity contribution in [3.05, 3.63) is 28.9 Å². The van der Waals surface area contributed by atoms with Crippen LogP contribution in [0.3, 0.4) is 0 Å². The molecular formula is C13H19BrN4O2. The number of nitrogens with one attached hydrogen (secondary N) is 1. The van der Waals surface area contributed by atoms with Crippen LogP contribution in [-0.2, 0) is 11.3 Å². The molecule has 2 aromatic rings. The van der Waals surface area contributed by atoms with Gasteiger partial charge >= 0.3 is 0 Å². The van der Waals surface area contributed by atoms with Crippen molar-refractivity contribution in [2.24, 2.45) is 0 Å². The van der Waals surface area contributed by atoms with Gasteiger partial charge in [0.15, 0.2) is 5.65 Å². The molecule has 0 aliphatic carbocycles. The van der Waals surface area contributed by atoms with E-state index in [-0.39, 0.29) is 0 Å². The lowest BCUT2D eigenvalue weighted by molar-refractivity contribution is 0.0247. The molecule has 0 aromatic carbocycles. The van der Waals surface area contributed by atoms with E-state index in [0.29, 0.717) is 26.1 Å². The van der Waals surface area contributed by atoms with Crippen molar-refractivity contribution in [3.8, 4) is 0 Å². The summed E-state index contributed by atoms with van der Waals surface area (Å²) in [6, 6.07) is 0. The molecule has 2 N–H and O–H groups in total. The molecule has 6 nitrogen and oxygen atoms in total. The van der Waals surface area contributed by atoms with Crippen molar-refractivity contribution in [2.45, 2.75) is 25.5 Å². The molecule has 0 radical (unpaired) electrons. The van der Waals surface area contributed by atoms with E-state index in [1.807, 2.05) is 10.6 Å². The van der Waals surface area contributed by atoms with Gasteiger partial charge < -0.3 is 15.2 Å². The summed E-state index contributed by atoms with van der Waals surface area (Å²) in [5.74, 6) is 0. The summed E-state index contributed by atoms with van der Waals surface area (Å²) in [6.45, 7) is 3.47. The minimum atomic E-state index is -0.779. The Morgan fingerprint density at radius 2 is 2.25 bits per heavy atom. The lowest BCUT2D eigenvalue weighted by Gasteiger charge is -2.23. The van der Waals surface area contributed by atoms with Gasteiger partial charge in [0, 0.05) is 39.4 Å². The second-order valence-corrected chi connectivity index (χ2v) is 5.84. The fourth-order valence-corrected chi connectivity index (χ4v) is 2.22. The van der Waals surface area contributed by atoms with Crippen molar-refractivity contribution < 1.29 is 9.84 Å². The molecular weight excluding hydrogens is 324 g/mol. The maximum absolute atomic E-state index is 10.1. The summed E-state index contributed by atoms with van der Waals surface area (Å²) < 4.78 is 7.71. The first-order valence-corrected chi connectivity index (χ1v) is 7.21. The summed E-state index contributed by atoms with van der Waals surface area (Å²) in [5.41, 5.74) is 1.04. The SMILES string of the molecule is COCCC(C)(O)CNCc1cnc2cnc(Br)cn12. The Bertz CT molecular complexity index is 570. The molecule has 0 fully saturated rings. The highest BCUT2D eigenvalue weighted by atomic mass is 79.9. The first kappa shape index (κ1) is 15.4. The van der Waals surface area contributed by atoms with E-state index in [1.165, 1.54) is 0 Å². The van der Waals surface area contributed by atoms with Crippen LogP contribution >= 0.6 is 15.9 Å². The van der Waals surface area contributed by atoms with Gasteiger partial charge in [-0.2, -0.15) is 0 Å². The minimum Gasteiger partial charge on any atom is -0.389 e. The number of fused-ring (bicyclic) bond motifs is 1. The Kier molecular flexibility index (Phi) is 5.09. The lowest BCUT2D eigenvalue weighted by Crippen LogP contribution is -2.38. The summed E-state index contributed by atoms with van der Waals surface area (Å²) in [5, 5.41) is 13.4. The molecule has 0 bridgehead atoms. The number of aromatic nitrogens is 3. The third kappa shape index (κ3) is 3.99. The van der Waals surface area contributed by atoms with E-state index < -0.39 is 5.60 Å². The Morgan fingerprint density at radius 3 is 3.00 bits per heavy atom. The van der Waals surface area contributed by atoms with Crippen LogP contribution < -0.4 is 5.32 Å². The highest BCUT2D eigenvalue weighted by molar-refractivity contribution is 9.10. The summed E-state index contributed by atoms with van der Waals surface area (Å²) >= 11 is 3.35. The van der Waals surface area contributed by atoms with Crippen molar-refractivity contribution in [1.82, 2.24) is 19.7 Å². The Hall–Kier alpha value is -1.02. The lowest BCUT2D eigenvalue weighted by atomic mass is 10.0. The van der Waals surface area contributed by atoms with E-state index in [9.17, 15) is 5.11 Å². The Labute approximate surface area is 126 Å². The summed E-state index contributed by atoms with van der Waals surface area (Å²) in [4.78, 5) is 8.41. The second kappa shape index (κ2) is 6.62. The number of hydrogen-bond donors (Lipinski definition) is 2. The van der Waals surface area contributed by atoms with E-state index in [4.69, 9.17) is 4.74 Å². The summed E-state index contributed by atoms with van der Waals surface area (Å²) in [7, 11) is 1.63. The fourth-order valence-electron chi connectivity index (χ4n) is 1.92. The predicted molar refractivity (Wildman–Crippen MR) is 79.5 cm³/mol. The standard InChI is InChI=1S/C13H19BrN4O2/c1-13(19,3-4-20-2)9-15-5-10-6-17-12-7-16-11(14)8-18(10)12/h6-8,15,19H,3-5,9H2,1-2H3.